The van der Waals surface area contributed by atoms with E-state index in [0.717, 1.165) is 12.1 Å². The van der Waals surface area contributed by atoms with Gasteiger partial charge in [-0.2, -0.15) is 5.10 Å². The van der Waals surface area contributed by atoms with Gasteiger partial charge in [-0.25, -0.2) is 13.2 Å². The fourth-order valence-electron chi connectivity index (χ4n) is 3.46. The number of aromatic nitrogens is 5. The van der Waals surface area contributed by atoms with Crippen molar-refractivity contribution < 1.29 is 22.8 Å². The van der Waals surface area contributed by atoms with Crippen LogP contribution in [0.5, 0.6) is 0 Å². The molecule has 178 valence electrons. The van der Waals surface area contributed by atoms with Crippen LogP contribution in [0.3, 0.4) is 0 Å². The molecule has 0 saturated carbocycles. The first-order valence-corrected chi connectivity index (χ1v) is 11.3. The van der Waals surface area contributed by atoms with Crippen molar-refractivity contribution in [2.45, 2.75) is 39.4 Å². The summed E-state index contributed by atoms with van der Waals surface area (Å²) in [5, 5.41) is 19.2. The second-order valence-electron chi connectivity index (χ2n) is 8.22. The Balaban J connectivity index is 1.38. The molecule has 1 aliphatic carbocycles. The summed E-state index contributed by atoms with van der Waals surface area (Å²) in [6, 6.07) is 3.10. The Hall–Kier alpha value is -3.54. The maximum atomic E-state index is 14.0. The van der Waals surface area contributed by atoms with Crippen LogP contribution in [-0.4, -0.2) is 43.2 Å². The van der Waals surface area contributed by atoms with Crippen LogP contribution in [0, 0.1) is 5.92 Å². The van der Waals surface area contributed by atoms with Crippen LogP contribution >= 0.6 is 11.3 Å². The number of nitrogens with zero attached hydrogens (tertiary/aromatic N) is 3. The zero-order chi connectivity index (χ0) is 24.4. The Labute approximate surface area is 196 Å². The molecule has 0 saturated heterocycles. The van der Waals surface area contributed by atoms with Crippen LogP contribution in [0.4, 0.5) is 13.2 Å². The zero-order valence-electron chi connectivity index (χ0n) is 18.3. The molecule has 0 radical (unpaired) electrons. The van der Waals surface area contributed by atoms with Crippen LogP contribution in [0.25, 0.3) is 10.7 Å². The number of aromatic amines is 2. The van der Waals surface area contributed by atoms with Gasteiger partial charge in [-0.3, -0.25) is 14.7 Å². The van der Waals surface area contributed by atoms with E-state index in [1.165, 1.54) is 23.6 Å². The van der Waals surface area contributed by atoms with Crippen LogP contribution in [0.15, 0.2) is 41.6 Å². The van der Waals surface area contributed by atoms with Crippen molar-refractivity contribution in [1.82, 2.24) is 30.7 Å². The maximum Gasteiger partial charge on any atom is 0.268 e. The molecule has 0 aromatic carbocycles. The number of carbonyl (C=O) groups excluding carboxylic acids is 2. The standard InChI is InChI=1S/C22H21F3N6O2S/c1-10(2)3-13-7-17(29-28-13)22-31-30-18(34-22)9-27-21(33)16-4-11(8-26-16)20(32)19-14(24)5-12(23)6-15(19)25/h4-5,7-8,10,15,26H,3,6,9H2,1-2H3,(H,27,33)(H,28,29). The van der Waals surface area contributed by atoms with E-state index in [0.29, 0.717) is 27.7 Å². The molecule has 0 fully saturated rings. The summed E-state index contributed by atoms with van der Waals surface area (Å²) < 4.78 is 41.1. The highest BCUT2D eigenvalue weighted by atomic mass is 32.1. The normalized spacial score (nSPS) is 16.2. The van der Waals surface area contributed by atoms with Crippen molar-refractivity contribution in [3.8, 4) is 10.7 Å². The van der Waals surface area contributed by atoms with Crippen molar-refractivity contribution in [3.63, 3.8) is 0 Å². The van der Waals surface area contributed by atoms with Gasteiger partial charge in [0.1, 0.15) is 34.2 Å². The summed E-state index contributed by atoms with van der Waals surface area (Å²) >= 11 is 1.28. The van der Waals surface area contributed by atoms with Crippen molar-refractivity contribution in [2.75, 3.05) is 0 Å². The van der Waals surface area contributed by atoms with Gasteiger partial charge < -0.3 is 10.3 Å². The highest BCUT2D eigenvalue weighted by Gasteiger charge is 2.31. The lowest BCUT2D eigenvalue weighted by atomic mass is 9.94. The number of carbonyl (C=O) groups is 2. The van der Waals surface area contributed by atoms with Crippen LogP contribution < -0.4 is 5.32 Å². The molecule has 1 atom stereocenters. The van der Waals surface area contributed by atoms with Gasteiger partial charge in [-0.1, -0.05) is 25.2 Å². The number of H-pyrrole nitrogens is 2. The van der Waals surface area contributed by atoms with Gasteiger partial charge in [0.15, 0.2) is 10.8 Å². The van der Waals surface area contributed by atoms with Crippen LogP contribution in [0.2, 0.25) is 0 Å². The van der Waals surface area contributed by atoms with Crippen LogP contribution in [0.1, 0.15) is 51.8 Å². The molecule has 1 aliphatic rings. The number of hydrogen-bond acceptors (Lipinski definition) is 6. The summed E-state index contributed by atoms with van der Waals surface area (Å²) in [7, 11) is 0. The molecular formula is C22H21F3N6O2S. The molecule has 1 amide bonds. The summed E-state index contributed by atoms with van der Waals surface area (Å²) in [6.07, 6.45) is -0.263. The quantitative estimate of drug-likeness (QED) is 0.405. The predicted molar refractivity (Wildman–Crippen MR) is 119 cm³/mol. The predicted octanol–water partition coefficient (Wildman–Crippen LogP) is 4.39. The van der Waals surface area contributed by atoms with E-state index in [4.69, 9.17) is 0 Å². The average molecular weight is 491 g/mol. The summed E-state index contributed by atoms with van der Waals surface area (Å²) in [5.41, 5.74) is 0.818. The van der Waals surface area contributed by atoms with Crippen molar-refractivity contribution >= 4 is 23.0 Å². The van der Waals surface area contributed by atoms with Gasteiger partial charge in [0.05, 0.1) is 12.1 Å². The van der Waals surface area contributed by atoms with Crippen molar-refractivity contribution in [2.24, 2.45) is 5.92 Å². The lowest BCUT2D eigenvalue weighted by molar-refractivity contribution is 0.0946. The minimum atomic E-state index is -2.09. The van der Waals surface area contributed by atoms with Gasteiger partial charge in [0.2, 0.25) is 0 Å². The lowest BCUT2D eigenvalue weighted by Gasteiger charge is -2.15. The third-order valence-electron chi connectivity index (χ3n) is 5.01. The first-order valence-electron chi connectivity index (χ1n) is 10.5. The SMILES string of the molecule is CC(C)Cc1cc(-c2nnc(CNC(=O)c3cc(C(=O)C4=C(F)C=C(F)CC4F)c[nH]3)s2)n[nH]1. The number of alkyl halides is 1. The second kappa shape index (κ2) is 9.75. The van der Waals surface area contributed by atoms with Gasteiger partial charge in [-0.15, -0.1) is 10.2 Å². The molecule has 0 bridgehead atoms. The number of allylic oxidation sites excluding steroid dienone is 4. The summed E-state index contributed by atoms with van der Waals surface area (Å²) in [5.74, 6) is -3.24. The highest BCUT2D eigenvalue weighted by molar-refractivity contribution is 7.14. The Morgan fingerprint density at radius 1 is 1.26 bits per heavy atom. The third-order valence-corrected chi connectivity index (χ3v) is 5.95. The molecular weight excluding hydrogens is 469 g/mol. The minimum absolute atomic E-state index is 0.0210. The van der Waals surface area contributed by atoms with Gasteiger partial charge in [0.25, 0.3) is 5.91 Å². The molecule has 12 heteroatoms. The van der Waals surface area contributed by atoms with E-state index in [1.807, 2.05) is 6.07 Å². The maximum absolute atomic E-state index is 14.0. The second-order valence-corrected chi connectivity index (χ2v) is 9.28. The first-order chi connectivity index (χ1) is 16.2. The van der Waals surface area contributed by atoms with Gasteiger partial charge in [-0.05, 0) is 24.5 Å². The molecule has 3 aromatic rings. The third kappa shape index (κ3) is 5.16. The molecule has 3 N–H and O–H groups in total. The fraction of sp³-hybridized carbons (Fsp3) is 0.318. The molecule has 0 aliphatic heterocycles. The summed E-state index contributed by atoms with van der Waals surface area (Å²) in [4.78, 5) is 27.5. The van der Waals surface area contributed by atoms with E-state index < -0.39 is 41.5 Å². The molecule has 34 heavy (non-hydrogen) atoms. The number of nitrogens with one attached hydrogen (secondary N) is 3. The van der Waals surface area contributed by atoms with Gasteiger partial charge in [0, 0.05) is 30.0 Å². The lowest BCUT2D eigenvalue weighted by Crippen LogP contribution is -2.23. The minimum Gasteiger partial charge on any atom is -0.356 e. The Kier molecular flexibility index (Phi) is 6.77. The Bertz CT molecular complexity index is 1290. The zero-order valence-corrected chi connectivity index (χ0v) is 19.1. The molecule has 3 heterocycles. The monoisotopic (exact) mass is 490 g/mol. The number of rotatable bonds is 8. The van der Waals surface area contributed by atoms with Crippen molar-refractivity contribution in [3.05, 3.63) is 63.6 Å². The Morgan fingerprint density at radius 2 is 2.06 bits per heavy atom. The fourth-order valence-corrected chi connectivity index (χ4v) is 4.19. The number of halogens is 3. The summed E-state index contributed by atoms with van der Waals surface area (Å²) in [6.45, 7) is 4.30. The Morgan fingerprint density at radius 3 is 2.79 bits per heavy atom. The molecule has 3 aromatic heterocycles. The van der Waals surface area contributed by atoms with E-state index in [-0.39, 0.29) is 17.8 Å². The van der Waals surface area contributed by atoms with E-state index in [1.54, 1.807) is 0 Å². The average Bonchev–Trinajstić information content (AvgIpc) is 3.51. The first kappa shape index (κ1) is 23.6. The topological polar surface area (TPSA) is 116 Å². The van der Waals surface area contributed by atoms with Gasteiger partial charge >= 0.3 is 0 Å². The number of ketones is 1. The number of hydrogen-bond donors (Lipinski definition) is 3. The smallest absolute Gasteiger partial charge is 0.268 e. The molecule has 1 unspecified atom stereocenters. The van der Waals surface area contributed by atoms with E-state index >= 15 is 0 Å². The highest BCUT2D eigenvalue weighted by Crippen LogP contribution is 2.31. The van der Waals surface area contributed by atoms with E-state index in [9.17, 15) is 22.8 Å². The van der Waals surface area contributed by atoms with E-state index in [2.05, 4.69) is 44.5 Å². The number of Topliss-reactive ketones (excluding diaryl/α,β-unsaturated/α-hetero) is 1. The molecule has 4 rings (SSSR count). The van der Waals surface area contributed by atoms with Crippen LogP contribution in [-0.2, 0) is 13.0 Å². The largest absolute Gasteiger partial charge is 0.356 e. The van der Waals surface area contributed by atoms with Crippen molar-refractivity contribution in [1.29, 1.82) is 0 Å². The number of amides is 1. The molecule has 0 spiro atoms. The molecule has 8 nitrogen and oxygen atoms in total.